The van der Waals surface area contributed by atoms with E-state index >= 15 is 0 Å². The van der Waals surface area contributed by atoms with E-state index in [1.165, 1.54) is 42.4 Å². The zero-order valence-corrected chi connectivity index (χ0v) is 16.1. The first-order chi connectivity index (χ1) is 10.9. The SMILES string of the molecule is CCC(C)(C)C1CCC(NC(=O)CSc2nnc(NC)s2)CC1. The van der Waals surface area contributed by atoms with Crippen LogP contribution >= 0.6 is 23.1 Å². The summed E-state index contributed by atoms with van der Waals surface area (Å²) in [4.78, 5) is 12.1. The average Bonchev–Trinajstić information content (AvgIpc) is 3.01. The number of nitrogens with zero attached hydrogens (tertiary/aromatic N) is 2. The van der Waals surface area contributed by atoms with Crippen molar-refractivity contribution >= 4 is 34.1 Å². The third-order valence-corrected chi connectivity index (χ3v) is 7.13. The Balaban J connectivity index is 1.70. The Bertz CT molecular complexity index is 510. The van der Waals surface area contributed by atoms with Gasteiger partial charge in [0.15, 0.2) is 4.34 Å². The van der Waals surface area contributed by atoms with Gasteiger partial charge in [-0.05, 0) is 37.0 Å². The summed E-state index contributed by atoms with van der Waals surface area (Å²) < 4.78 is 0.831. The fourth-order valence-electron chi connectivity index (χ4n) is 3.07. The van der Waals surface area contributed by atoms with Gasteiger partial charge in [-0.1, -0.05) is 50.3 Å². The van der Waals surface area contributed by atoms with E-state index in [1.807, 2.05) is 7.05 Å². The maximum Gasteiger partial charge on any atom is 0.230 e. The number of thioether (sulfide) groups is 1. The van der Waals surface area contributed by atoms with Crippen LogP contribution in [0.15, 0.2) is 4.34 Å². The van der Waals surface area contributed by atoms with Crippen molar-refractivity contribution in [3.05, 3.63) is 0 Å². The number of hydrogen-bond donors (Lipinski definition) is 2. The maximum atomic E-state index is 12.1. The van der Waals surface area contributed by atoms with Crippen molar-refractivity contribution in [2.45, 2.75) is 63.3 Å². The van der Waals surface area contributed by atoms with Crippen LogP contribution in [0, 0.1) is 11.3 Å². The molecule has 1 aromatic rings. The zero-order valence-electron chi connectivity index (χ0n) is 14.5. The monoisotopic (exact) mass is 356 g/mol. The topological polar surface area (TPSA) is 66.9 Å². The fourth-order valence-corrected chi connectivity index (χ4v) is 4.59. The van der Waals surface area contributed by atoms with Crippen molar-refractivity contribution in [1.82, 2.24) is 15.5 Å². The van der Waals surface area contributed by atoms with Crippen LogP contribution in [0.3, 0.4) is 0 Å². The van der Waals surface area contributed by atoms with Crippen LogP contribution in [0.2, 0.25) is 0 Å². The maximum absolute atomic E-state index is 12.1. The van der Waals surface area contributed by atoms with Crippen LogP contribution in [-0.4, -0.2) is 34.9 Å². The third-order valence-electron chi connectivity index (χ3n) is 5.06. The molecule has 130 valence electrons. The first-order valence-electron chi connectivity index (χ1n) is 8.38. The molecule has 0 aromatic carbocycles. The largest absolute Gasteiger partial charge is 0.363 e. The molecule has 1 aliphatic rings. The van der Waals surface area contributed by atoms with E-state index in [9.17, 15) is 4.79 Å². The summed E-state index contributed by atoms with van der Waals surface area (Å²) in [5.41, 5.74) is 0.424. The third kappa shape index (κ3) is 5.35. The number of carbonyl (C=O) groups excluding carboxylic acids is 1. The van der Waals surface area contributed by atoms with Gasteiger partial charge in [-0.15, -0.1) is 10.2 Å². The molecule has 1 aromatic heterocycles. The van der Waals surface area contributed by atoms with E-state index in [1.54, 1.807) is 0 Å². The van der Waals surface area contributed by atoms with Crippen LogP contribution < -0.4 is 10.6 Å². The van der Waals surface area contributed by atoms with Crippen molar-refractivity contribution in [3.8, 4) is 0 Å². The summed E-state index contributed by atoms with van der Waals surface area (Å²) in [6, 6.07) is 0.342. The summed E-state index contributed by atoms with van der Waals surface area (Å²) in [6.07, 6.45) is 5.88. The molecule has 0 spiro atoms. The Labute approximate surface area is 147 Å². The minimum absolute atomic E-state index is 0.106. The summed E-state index contributed by atoms with van der Waals surface area (Å²) in [5, 5.41) is 14.9. The van der Waals surface area contributed by atoms with Crippen molar-refractivity contribution in [3.63, 3.8) is 0 Å². The van der Waals surface area contributed by atoms with Gasteiger partial charge in [-0.25, -0.2) is 0 Å². The van der Waals surface area contributed by atoms with E-state index in [-0.39, 0.29) is 5.91 Å². The molecule has 2 rings (SSSR count). The van der Waals surface area contributed by atoms with E-state index < -0.39 is 0 Å². The molecule has 2 N–H and O–H groups in total. The van der Waals surface area contributed by atoms with E-state index in [4.69, 9.17) is 0 Å². The number of aromatic nitrogens is 2. The molecule has 0 unspecified atom stereocenters. The van der Waals surface area contributed by atoms with Crippen molar-refractivity contribution < 1.29 is 4.79 Å². The van der Waals surface area contributed by atoms with Gasteiger partial charge in [0.2, 0.25) is 11.0 Å². The van der Waals surface area contributed by atoms with Gasteiger partial charge < -0.3 is 10.6 Å². The number of amides is 1. The van der Waals surface area contributed by atoms with Crippen molar-refractivity contribution in [1.29, 1.82) is 0 Å². The lowest BCUT2D eigenvalue weighted by atomic mass is 9.69. The summed E-state index contributed by atoms with van der Waals surface area (Å²) >= 11 is 2.93. The highest BCUT2D eigenvalue weighted by atomic mass is 32.2. The first-order valence-corrected chi connectivity index (χ1v) is 10.2. The molecule has 0 aliphatic heterocycles. The molecule has 0 atom stereocenters. The molecule has 7 heteroatoms. The Morgan fingerprint density at radius 1 is 1.30 bits per heavy atom. The van der Waals surface area contributed by atoms with Gasteiger partial charge in [-0.2, -0.15) is 0 Å². The van der Waals surface area contributed by atoms with Crippen LogP contribution in [0.5, 0.6) is 0 Å². The first kappa shape index (κ1) is 18.5. The number of carbonyl (C=O) groups is 1. The van der Waals surface area contributed by atoms with Gasteiger partial charge >= 0.3 is 0 Å². The normalized spacial score (nSPS) is 21.9. The lowest BCUT2D eigenvalue weighted by Crippen LogP contribution is -2.40. The standard InChI is InChI=1S/C16H28N4OS2/c1-5-16(2,3)11-6-8-12(9-7-11)18-13(21)10-22-15-20-19-14(17-4)23-15/h11-12H,5-10H2,1-4H3,(H,17,19)(H,18,21). The predicted octanol–water partition coefficient (Wildman–Crippen LogP) is 3.78. The molecule has 1 saturated carbocycles. The second kappa shape index (κ2) is 8.33. The van der Waals surface area contributed by atoms with Crippen LogP contribution in [0.25, 0.3) is 0 Å². The fraction of sp³-hybridized carbons (Fsp3) is 0.812. The van der Waals surface area contributed by atoms with Crippen molar-refractivity contribution in [2.75, 3.05) is 18.1 Å². The molecule has 0 saturated heterocycles. The molecule has 1 amide bonds. The minimum atomic E-state index is 0.106. The lowest BCUT2D eigenvalue weighted by Gasteiger charge is -2.39. The van der Waals surface area contributed by atoms with Crippen LogP contribution in [-0.2, 0) is 4.79 Å². The number of anilines is 1. The van der Waals surface area contributed by atoms with Crippen LogP contribution in [0.1, 0.15) is 52.9 Å². The quantitative estimate of drug-likeness (QED) is 0.728. The van der Waals surface area contributed by atoms with Gasteiger partial charge in [-0.3, -0.25) is 4.79 Å². The number of hydrogen-bond acceptors (Lipinski definition) is 6. The summed E-state index contributed by atoms with van der Waals surface area (Å²) in [7, 11) is 1.82. The number of nitrogens with one attached hydrogen (secondary N) is 2. The minimum Gasteiger partial charge on any atom is -0.363 e. The number of rotatable bonds is 7. The second-order valence-corrected chi connectivity index (χ2v) is 9.07. The Morgan fingerprint density at radius 2 is 2.00 bits per heavy atom. The van der Waals surface area contributed by atoms with Gasteiger partial charge in [0, 0.05) is 13.1 Å². The summed E-state index contributed by atoms with van der Waals surface area (Å²) in [5.74, 6) is 1.31. The van der Waals surface area contributed by atoms with Crippen molar-refractivity contribution in [2.24, 2.45) is 11.3 Å². The molecular formula is C16H28N4OS2. The summed E-state index contributed by atoms with van der Waals surface area (Å²) in [6.45, 7) is 7.02. The molecule has 0 bridgehead atoms. The highest BCUT2D eigenvalue weighted by Crippen LogP contribution is 2.40. The molecule has 1 heterocycles. The van der Waals surface area contributed by atoms with Gasteiger partial charge in [0.25, 0.3) is 0 Å². The average molecular weight is 357 g/mol. The molecule has 23 heavy (non-hydrogen) atoms. The molecular weight excluding hydrogens is 328 g/mol. The Kier molecular flexibility index (Phi) is 6.71. The molecule has 5 nitrogen and oxygen atoms in total. The smallest absolute Gasteiger partial charge is 0.230 e. The molecule has 0 radical (unpaired) electrons. The highest BCUT2D eigenvalue weighted by molar-refractivity contribution is 8.01. The highest BCUT2D eigenvalue weighted by Gasteiger charge is 2.32. The Hall–Kier alpha value is -0.820. The molecule has 1 aliphatic carbocycles. The zero-order chi connectivity index (χ0) is 16.9. The predicted molar refractivity (Wildman–Crippen MR) is 98.1 cm³/mol. The van der Waals surface area contributed by atoms with E-state index in [0.717, 1.165) is 28.2 Å². The van der Waals surface area contributed by atoms with E-state index in [2.05, 4.69) is 41.6 Å². The van der Waals surface area contributed by atoms with Gasteiger partial charge in [0.05, 0.1) is 5.75 Å². The van der Waals surface area contributed by atoms with E-state index in [0.29, 0.717) is 17.2 Å². The Morgan fingerprint density at radius 3 is 2.57 bits per heavy atom. The lowest BCUT2D eigenvalue weighted by molar-refractivity contribution is -0.119. The van der Waals surface area contributed by atoms with Gasteiger partial charge in [0.1, 0.15) is 0 Å². The second-order valence-electron chi connectivity index (χ2n) is 6.87. The van der Waals surface area contributed by atoms with Crippen LogP contribution in [0.4, 0.5) is 5.13 Å². The molecule has 1 fully saturated rings.